The maximum atomic E-state index is 11.9. The Balaban J connectivity index is 2.04. The second kappa shape index (κ2) is 5.79. The van der Waals surface area contributed by atoms with Gasteiger partial charge in [0, 0.05) is 17.5 Å². The fraction of sp³-hybridized carbons (Fsp3) is 0.333. The number of morpholine rings is 1. The molecule has 1 aliphatic heterocycles. The molecule has 0 radical (unpaired) electrons. The number of thiophene rings is 1. The first-order valence-corrected chi connectivity index (χ1v) is 6.39. The lowest BCUT2D eigenvalue weighted by Gasteiger charge is -2.31. The maximum Gasteiger partial charge on any atom is 0.328 e. The number of hydrogen-bond acceptors (Lipinski definition) is 4. The van der Waals surface area contributed by atoms with E-state index in [1.807, 2.05) is 17.5 Å². The zero-order valence-electron chi connectivity index (χ0n) is 9.61. The fourth-order valence-corrected chi connectivity index (χ4v) is 2.33. The van der Waals surface area contributed by atoms with E-state index in [1.54, 1.807) is 6.08 Å². The van der Waals surface area contributed by atoms with Gasteiger partial charge in [0.15, 0.2) is 6.04 Å². The number of carboxylic acid groups (broad SMARTS) is 1. The van der Waals surface area contributed by atoms with Crippen LogP contribution in [0.3, 0.4) is 0 Å². The summed E-state index contributed by atoms with van der Waals surface area (Å²) < 4.78 is 5.08. The average molecular weight is 267 g/mol. The number of rotatable bonds is 3. The van der Waals surface area contributed by atoms with E-state index in [0.717, 1.165) is 4.88 Å². The molecule has 18 heavy (non-hydrogen) atoms. The minimum atomic E-state index is -1.03. The standard InChI is InChI=1S/C12H13NO4S/c14-11(4-3-9-2-1-7-18-9)13-5-6-17-8-10(13)12(15)16/h1-4,7,10H,5-6,8H2,(H,15,16)/b4-3+/t10-/m0/s1. The molecule has 1 fully saturated rings. The van der Waals surface area contributed by atoms with Crippen LogP contribution in [0.5, 0.6) is 0 Å². The predicted octanol–water partition coefficient (Wildman–Crippen LogP) is 1.07. The van der Waals surface area contributed by atoms with Crippen molar-refractivity contribution in [1.29, 1.82) is 0 Å². The van der Waals surface area contributed by atoms with Crippen LogP contribution in [0.4, 0.5) is 0 Å². The topological polar surface area (TPSA) is 66.8 Å². The van der Waals surface area contributed by atoms with Gasteiger partial charge in [-0.2, -0.15) is 0 Å². The van der Waals surface area contributed by atoms with E-state index < -0.39 is 12.0 Å². The smallest absolute Gasteiger partial charge is 0.328 e. The number of hydrogen-bond donors (Lipinski definition) is 1. The molecule has 0 aromatic carbocycles. The van der Waals surface area contributed by atoms with Gasteiger partial charge in [-0.05, 0) is 17.5 Å². The van der Waals surface area contributed by atoms with Crippen LogP contribution < -0.4 is 0 Å². The summed E-state index contributed by atoms with van der Waals surface area (Å²) in [5.41, 5.74) is 0. The molecule has 6 heteroatoms. The molecular formula is C12H13NO4S. The Labute approximate surface area is 108 Å². The van der Waals surface area contributed by atoms with E-state index in [-0.39, 0.29) is 12.5 Å². The molecule has 2 heterocycles. The molecule has 1 saturated heterocycles. The summed E-state index contributed by atoms with van der Waals surface area (Å²) in [4.78, 5) is 25.2. The molecule has 0 saturated carbocycles. The van der Waals surface area contributed by atoms with Crippen LogP contribution in [0, 0.1) is 0 Å². The van der Waals surface area contributed by atoms with Gasteiger partial charge in [0.2, 0.25) is 5.91 Å². The van der Waals surface area contributed by atoms with E-state index in [9.17, 15) is 9.59 Å². The molecule has 0 bridgehead atoms. The second-order valence-electron chi connectivity index (χ2n) is 3.81. The first-order valence-electron chi connectivity index (χ1n) is 5.51. The summed E-state index contributed by atoms with van der Waals surface area (Å²) in [6.07, 6.45) is 3.11. The van der Waals surface area contributed by atoms with Gasteiger partial charge in [-0.1, -0.05) is 6.07 Å². The Bertz CT molecular complexity index is 455. The third-order valence-electron chi connectivity index (χ3n) is 2.63. The van der Waals surface area contributed by atoms with Crippen LogP contribution in [0.2, 0.25) is 0 Å². The number of nitrogens with zero attached hydrogens (tertiary/aromatic N) is 1. The maximum absolute atomic E-state index is 11.9. The predicted molar refractivity (Wildman–Crippen MR) is 67.3 cm³/mol. The first-order chi connectivity index (χ1) is 8.68. The molecule has 96 valence electrons. The lowest BCUT2D eigenvalue weighted by molar-refractivity contribution is -0.156. The molecule has 2 rings (SSSR count). The van der Waals surface area contributed by atoms with E-state index in [2.05, 4.69) is 0 Å². The Kier molecular flexibility index (Phi) is 4.11. The van der Waals surface area contributed by atoms with E-state index in [1.165, 1.54) is 22.3 Å². The van der Waals surface area contributed by atoms with Crippen molar-refractivity contribution < 1.29 is 19.4 Å². The Hall–Kier alpha value is -1.66. The van der Waals surface area contributed by atoms with Gasteiger partial charge < -0.3 is 14.7 Å². The lowest BCUT2D eigenvalue weighted by Crippen LogP contribution is -2.52. The van der Waals surface area contributed by atoms with Crippen molar-refractivity contribution in [3.05, 3.63) is 28.5 Å². The molecule has 1 amide bonds. The van der Waals surface area contributed by atoms with Crippen molar-refractivity contribution in [2.75, 3.05) is 19.8 Å². The van der Waals surface area contributed by atoms with E-state index >= 15 is 0 Å². The molecule has 1 atom stereocenters. The summed E-state index contributed by atoms with van der Waals surface area (Å²) >= 11 is 1.52. The first kappa shape index (κ1) is 12.8. The van der Waals surface area contributed by atoms with Crippen molar-refractivity contribution >= 4 is 29.3 Å². The van der Waals surface area contributed by atoms with Gasteiger partial charge in [-0.25, -0.2) is 4.79 Å². The zero-order chi connectivity index (χ0) is 13.0. The number of carboxylic acids is 1. The molecule has 0 aliphatic carbocycles. The monoisotopic (exact) mass is 267 g/mol. The minimum absolute atomic E-state index is 0.0495. The van der Waals surface area contributed by atoms with Crippen molar-refractivity contribution in [1.82, 2.24) is 4.90 Å². The SMILES string of the molecule is O=C(O)[C@@H]1COCCN1C(=O)/C=C/c1cccs1. The van der Waals surface area contributed by atoms with E-state index in [0.29, 0.717) is 13.2 Å². The molecule has 1 aromatic rings. The lowest BCUT2D eigenvalue weighted by atomic mass is 10.2. The molecule has 0 unspecified atom stereocenters. The fourth-order valence-electron chi connectivity index (χ4n) is 1.71. The molecule has 1 aliphatic rings. The van der Waals surface area contributed by atoms with Gasteiger partial charge >= 0.3 is 5.97 Å². The Morgan fingerprint density at radius 1 is 1.56 bits per heavy atom. The summed E-state index contributed by atoms with van der Waals surface area (Å²) in [5.74, 6) is -1.33. The average Bonchev–Trinajstić information content (AvgIpc) is 2.89. The highest BCUT2D eigenvalue weighted by atomic mass is 32.1. The molecule has 1 aromatic heterocycles. The van der Waals surface area contributed by atoms with Crippen LogP contribution >= 0.6 is 11.3 Å². The van der Waals surface area contributed by atoms with Gasteiger partial charge in [-0.3, -0.25) is 4.79 Å². The number of ether oxygens (including phenoxy) is 1. The summed E-state index contributed by atoms with van der Waals surface area (Å²) in [7, 11) is 0. The quantitative estimate of drug-likeness (QED) is 0.832. The van der Waals surface area contributed by atoms with Gasteiger partial charge in [0.1, 0.15) is 0 Å². The third-order valence-corrected chi connectivity index (χ3v) is 3.47. The summed E-state index contributed by atoms with van der Waals surface area (Å²) in [5, 5.41) is 10.9. The molecular weight excluding hydrogens is 254 g/mol. The molecule has 5 nitrogen and oxygen atoms in total. The minimum Gasteiger partial charge on any atom is -0.480 e. The van der Waals surface area contributed by atoms with Gasteiger partial charge in [0.05, 0.1) is 13.2 Å². The normalized spacial score (nSPS) is 20.2. The number of amides is 1. The highest BCUT2D eigenvalue weighted by Gasteiger charge is 2.31. The largest absolute Gasteiger partial charge is 0.480 e. The third kappa shape index (κ3) is 2.96. The van der Waals surface area contributed by atoms with Gasteiger partial charge in [0.25, 0.3) is 0 Å². The van der Waals surface area contributed by atoms with Gasteiger partial charge in [-0.15, -0.1) is 11.3 Å². The van der Waals surface area contributed by atoms with Crippen molar-refractivity contribution in [3.8, 4) is 0 Å². The highest BCUT2D eigenvalue weighted by molar-refractivity contribution is 7.10. The summed E-state index contributed by atoms with van der Waals surface area (Å²) in [6, 6.07) is 2.89. The Morgan fingerprint density at radius 3 is 3.06 bits per heavy atom. The van der Waals surface area contributed by atoms with Crippen LogP contribution in [-0.4, -0.2) is 47.7 Å². The van der Waals surface area contributed by atoms with Crippen LogP contribution in [0.15, 0.2) is 23.6 Å². The zero-order valence-corrected chi connectivity index (χ0v) is 10.4. The van der Waals surface area contributed by atoms with Crippen LogP contribution in [0.1, 0.15) is 4.88 Å². The van der Waals surface area contributed by atoms with E-state index in [4.69, 9.17) is 9.84 Å². The number of carbonyl (C=O) groups excluding carboxylic acids is 1. The van der Waals surface area contributed by atoms with Crippen LogP contribution in [0.25, 0.3) is 6.08 Å². The number of aliphatic carboxylic acids is 1. The second-order valence-corrected chi connectivity index (χ2v) is 4.79. The highest BCUT2D eigenvalue weighted by Crippen LogP contribution is 2.12. The number of carbonyl (C=O) groups is 2. The van der Waals surface area contributed by atoms with Crippen molar-refractivity contribution in [3.63, 3.8) is 0 Å². The molecule has 0 spiro atoms. The summed E-state index contributed by atoms with van der Waals surface area (Å²) in [6.45, 7) is 0.737. The van der Waals surface area contributed by atoms with Crippen molar-refractivity contribution in [2.24, 2.45) is 0 Å². The van der Waals surface area contributed by atoms with Crippen molar-refractivity contribution in [2.45, 2.75) is 6.04 Å². The molecule has 1 N–H and O–H groups in total. The van der Waals surface area contributed by atoms with Crippen LogP contribution in [-0.2, 0) is 14.3 Å². The Morgan fingerprint density at radius 2 is 2.39 bits per heavy atom.